The first kappa shape index (κ1) is 19.9. The van der Waals surface area contributed by atoms with Crippen LogP contribution in [0.4, 0.5) is 5.69 Å². The molecule has 28 heavy (non-hydrogen) atoms. The summed E-state index contributed by atoms with van der Waals surface area (Å²) in [6.45, 7) is 0.222. The Labute approximate surface area is 171 Å². The zero-order valence-corrected chi connectivity index (χ0v) is 16.4. The zero-order chi connectivity index (χ0) is 19.9. The van der Waals surface area contributed by atoms with Crippen LogP contribution in [-0.4, -0.2) is 38.9 Å². The Morgan fingerprint density at radius 2 is 1.93 bits per heavy atom. The highest BCUT2D eigenvalue weighted by Gasteiger charge is 2.18. The van der Waals surface area contributed by atoms with Gasteiger partial charge in [-0.15, -0.1) is 10.2 Å². The quantitative estimate of drug-likeness (QED) is 0.571. The van der Waals surface area contributed by atoms with Crippen LogP contribution in [0.5, 0.6) is 0 Å². The summed E-state index contributed by atoms with van der Waals surface area (Å²) in [5, 5.41) is 9.19. The van der Waals surface area contributed by atoms with Gasteiger partial charge in [-0.3, -0.25) is 14.2 Å². The number of nitrogens with two attached hydrogens (primary N) is 1. The van der Waals surface area contributed by atoms with Crippen molar-refractivity contribution >= 4 is 40.9 Å². The smallest absolute Gasteiger partial charge is 0.237 e. The van der Waals surface area contributed by atoms with Crippen molar-refractivity contribution < 1.29 is 9.59 Å². The lowest BCUT2D eigenvalue weighted by Crippen LogP contribution is -2.35. The molecule has 9 heteroatoms. The topological polar surface area (TPSA) is 94.1 Å². The average molecular weight is 416 g/mol. The van der Waals surface area contributed by atoms with Gasteiger partial charge in [0, 0.05) is 23.7 Å². The predicted molar refractivity (Wildman–Crippen MR) is 110 cm³/mol. The summed E-state index contributed by atoms with van der Waals surface area (Å²) < 4.78 is 1.76. The molecule has 0 saturated heterocycles. The van der Waals surface area contributed by atoms with E-state index in [1.807, 2.05) is 42.5 Å². The van der Waals surface area contributed by atoms with Crippen molar-refractivity contribution in [2.24, 2.45) is 5.73 Å². The third-order valence-corrected chi connectivity index (χ3v) is 5.04. The van der Waals surface area contributed by atoms with Crippen molar-refractivity contribution in [2.45, 2.75) is 11.6 Å². The van der Waals surface area contributed by atoms with E-state index in [2.05, 4.69) is 10.2 Å². The molecule has 0 unspecified atom stereocenters. The van der Waals surface area contributed by atoms with E-state index < -0.39 is 5.91 Å². The van der Waals surface area contributed by atoms with Crippen LogP contribution in [0.2, 0.25) is 5.02 Å². The monoisotopic (exact) mass is 415 g/mol. The fourth-order valence-electron chi connectivity index (χ4n) is 2.56. The van der Waals surface area contributed by atoms with Gasteiger partial charge in [0.2, 0.25) is 11.8 Å². The molecule has 2 amide bonds. The Morgan fingerprint density at radius 1 is 1.14 bits per heavy atom. The summed E-state index contributed by atoms with van der Waals surface area (Å²) in [5.74, 6) is -0.479. The standard InChI is InChI=1S/C19H18ClN5O2S/c20-14-5-4-8-16(11-14)25-13-22-23-19(25)28-12-18(27)24(10-9-17(21)26)15-6-2-1-3-7-15/h1-8,11,13H,9-10,12H2,(H2,21,26). The third kappa shape index (κ3) is 5.11. The average Bonchev–Trinajstić information content (AvgIpc) is 3.16. The number of nitrogens with zero attached hydrogens (tertiary/aromatic N) is 4. The molecule has 3 aromatic rings. The molecule has 0 aliphatic rings. The van der Waals surface area contributed by atoms with E-state index >= 15 is 0 Å². The summed E-state index contributed by atoms with van der Waals surface area (Å²) in [7, 11) is 0. The normalized spacial score (nSPS) is 10.6. The van der Waals surface area contributed by atoms with Crippen molar-refractivity contribution in [3.8, 4) is 5.69 Å². The highest BCUT2D eigenvalue weighted by molar-refractivity contribution is 7.99. The SMILES string of the molecule is NC(=O)CCN(C(=O)CSc1nncn1-c1cccc(Cl)c1)c1ccccc1. The molecule has 0 bridgehead atoms. The van der Waals surface area contributed by atoms with Gasteiger partial charge >= 0.3 is 0 Å². The minimum Gasteiger partial charge on any atom is -0.370 e. The highest BCUT2D eigenvalue weighted by atomic mass is 35.5. The first-order valence-electron chi connectivity index (χ1n) is 8.47. The third-order valence-electron chi connectivity index (χ3n) is 3.88. The van der Waals surface area contributed by atoms with E-state index in [1.54, 1.807) is 27.9 Å². The van der Waals surface area contributed by atoms with Gasteiger partial charge in [0.1, 0.15) is 6.33 Å². The van der Waals surface area contributed by atoms with Crippen molar-refractivity contribution in [1.82, 2.24) is 14.8 Å². The molecule has 0 radical (unpaired) electrons. The zero-order valence-electron chi connectivity index (χ0n) is 14.9. The minimum atomic E-state index is -0.456. The molecule has 0 aliphatic heterocycles. The van der Waals surface area contributed by atoms with Crippen molar-refractivity contribution in [3.63, 3.8) is 0 Å². The van der Waals surface area contributed by atoms with Crippen LogP contribution in [0.1, 0.15) is 6.42 Å². The first-order valence-corrected chi connectivity index (χ1v) is 9.83. The number of carbonyl (C=O) groups is 2. The number of amides is 2. The van der Waals surface area contributed by atoms with E-state index in [1.165, 1.54) is 11.8 Å². The van der Waals surface area contributed by atoms with Crippen LogP contribution in [0.25, 0.3) is 5.69 Å². The van der Waals surface area contributed by atoms with Gasteiger partial charge in [0.25, 0.3) is 0 Å². The molecule has 1 heterocycles. The first-order chi connectivity index (χ1) is 13.5. The van der Waals surface area contributed by atoms with Crippen LogP contribution in [0.15, 0.2) is 66.1 Å². The predicted octanol–water partition coefficient (Wildman–Crippen LogP) is 2.92. The molecule has 144 valence electrons. The minimum absolute atomic E-state index is 0.0873. The summed E-state index contributed by atoms with van der Waals surface area (Å²) in [4.78, 5) is 25.6. The maximum absolute atomic E-state index is 12.8. The maximum atomic E-state index is 12.8. The Hall–Kier alpha value is -2.84. The molecule has 0 fully saturated rings. The van der Waals surface area contributed by atoms with Gasteiger partial charge in [-0.2, -0.15) is 0 Å². The summed E-state index contributed by atoms with van der Waals surface area (Å²) >= 11 is 7.31. The molecule has 7 nitrogen and oxygen atoms in total. The van der Waals surface area contributed by atoms with Crippen LogP contribution >= 0.6 is 23.4 Å². The number of halogens is 1. The Balaban J connectivity index is 1.73. The number of hydrogen-bond donors (Lipinski definition) is 1. The fourth-order valence-corrected chi connectivity index (χ4v) is 3.55. The number of aromatic nitrogens is 3. The summed E-state index contributed by atoms with van der Waals surface area (Å²) in [6.07, 6.45) is 1.66. The lowest BCUT2D eigenvalue weighted by molar-refractivity contribution is -0.118. The molecular formula is C19H18ClN5O2S. The highest BCUT2D eigenvalue weighted by Crippen LogP contribution is 2.23. The van der Waals surface area contributed by atoms with Crippen molar-refractivity contribution in [1.29, 1.82) is 0 Å². The molecule has 1 aromatic heterocycles. The lowest BCUT2D eigenvalue weighted by Gasteiger charge is -2.22. The van der Waals surface area contributed by atoms with Crippen molar-refractivity contribution in [3.05, 3.63) is 65.9 Å². The fraction of sp³-hybridized carbons (Fsp3) is 0.158. The van der Waals surface area contributed by atoms with Gasteiger partial charge < -0.3 is 10.6 Å². The number of benzene rings is 2. The Bertz CT molecular complexity index is 964. The summed E-state index contributed by atoms with van der Waals surface area (Å²) in [6, 6.07) is 16.5. The maximum Gasteiger partial charge on any atom is 0.237 e. The number of para-hydroxylation sites is 1. The number of hydrogen-bond acceptors (Lipinski definition) is 5. The molecule has 2 N–H and O–H groups in total. The molecule has 3 rings (SSSR count). The number of anilines is 1. The Kier molecular flexibility index (Phi) is 6.67. The number of rotatable bonds is 8. The van der Waals surface area contributed by atoms with Gasteiger partial charge in [0.05, 0.1) is 11.4 Å². The molecule has 0 aliphatic carbocycles. The van der Waals surface area contributed by atoms with Gasteiger partial charge in [0.15, 0.2) is 5.16 Å². The van der Waals surface area contributed by atoms with Gasteiger partial charge in [-0.05, 0) is 30.3 Å². The van der Waals surface area contributed by atoms with Crippen LogP contribution in [-0.2, 0) is 9.59 Å². The number of carbonyl (C=O) groups excluding carboxylic acids is 2. The van der Waals surface area contributed by atoms with E-state index in [0.29, 0.717) is 15.9 Å². The van der Waals surface area contributed by atoms with Crippen LogP contribution in [0, 0.1) is 0 Å². The summed E-state index contributed by atoms with van der Waals surface area (Å²) in [5.41, 5.74) is 6.77. The van der Waals surface area contributed by atoms with Gasteiger partial charge in [-0.25, -0.2) is 0 Å². The van der Waals surface area contributed by atoms with Crippen LogP contribution < -0.4 is 10.6 Å². The lowest BCUT2D eigenvalue weighted by atomic mass is 10.2. The Morgan fingerprint density at radius 3 is 2.64 bits per heavy atom. The molecule has 0 spiro atoms. The van der Waals surface area contributed by atoms with Crippen LogP contribution in [0.3, 0.4) is 0 Å². The number of thioether (sulfide) groups is 1. The molecular weight excluding hydrogens is 398 g/mol. The van der Waals surface area contributed by atoms with E-state index in [9.17, 15) is 9.59 Å². The molecule has 0 atom stereocenters. The largest absolute Gasteiger partial charge is 0.370 e. The van der Waals surface area contributed by atoms with E-state index in [4.69, 9.17) is 17.3 Å². The van der Waals surface area contributed by atoms with Gasteiger partial charge in [-0.1, -0.05) is 47.6 Å². The second kappa shape index (κ2) is 9.38. The van der Waals surface area contributed by atoms with Crippen molar-refractivity contribution in [2.75, 3.05) is 17.2 Å². The second-order valence-electron chi connectivity index (χ2n) is 5.85. The number of primary amides is 1. The van der Waals surface area contributed by atoms with E-state index in [-0.39, 0.29) is 24.6 Å². The van der Waals surface area contributed by atoms with E-state index in [0.717, 1.165) is 5.69 Å². The second-order valence-corrected chi connectivity index (χ2v) is 7.23. The molecule has 2 aromatic carbocycles. The molecule has 0 saturated carbocycles.